The van der Waals surface area contributed by atoms with Gasteiger partial charge in [-0.25, -0.2) is 13.2 Å². The normalized spacial score (nSPS) is 11.0. The van der Waals surface area contributed by atoms with Crippen LogP contribution in [0.15, 0.2) is 30.6 Å². The summed E-state index contributed by atoms with van der Waals surface area (Å²) in [6.45, 7) is 1.88. The predicted molar refractivity (Wildman–Crippen MR) is 66.7 cm³/mol. The van der Waals surface area contributed by atoms with Crippen LogP contribution in [0.2, 0.25) is 0 Å². The Labute approximate surface area is 109 Å². The van der Waals surface area contributed by atoms with Crippen molar-refractivity contribution in [2.24, 2.45) is 0 Å². The van der Waals surface area contributed by atoms with E-state index in [1.165, 1.54) is 29.2 Å². The average Bonchev–Trinajstić information content (AvgIpc) is 2.77. The smallest absolute Gasteiger partial charge is 0.257 e. The number of nitrogens with zero attached hydrogens (tertiary/aromatic N) is 2. The molecular weight excluding hydrogens is 255 g/mol. The molecule has 0 bridgehead atoms. The second kappa shape index (κ2) is 5.77. The molecule has 0 unspecified atom stereocenters. The van der Waals surface area contributed by atoms with Gasteiger partial charge in [-0.3, -0.25) is 4.68 Å². The van der Waals surface area contributed by atoms with Gasteiger partial charge in [0.2, 0.25) is 0 Å². The maximum Gasteiger partial charge on any atom is 0.257 e. The lowest BCUT2D eigenvalue weighted by Crippen LogP contribution is -2.06. The third-order valence-corrected chi connectivity index (χ3v) is 2.75. The average molecular weight is 269 g/mol. The molecule has 3 nitrogen and oxygen atoms in total. The number of halogens is 3. The van der Waals surface area contributed by atoms with Crippen molar-refractivity contribution in [2.75, 3.05) is 5.32 Å². The monoisotopic (exact) mass is 269 g/mol. The number of hydrogen-bond donors (Lipinski definition) is 1. The van der Waals surface area contributed by atoms with E-state index >= 15 is 0 Å². The summed E-state index contributed by atoms with van der Waals surface area (Å²) in [5.74, 6) is -0.296. The van der Waals surface area contributed by atoms with E-state index in [2.05, 4.69) is 10.4 Å². The van der Waals surface area contributed by atoms with E-state index in [1.54, 1.807) is 6.07 Å². The summed E-state index contributed by atoms with van der Waals surface area (Å²) in [6, 6.07) is 4.55. The van der Waals surface area contributed by atoms with Crippen LogP contribution in [-0.4, -0.2) is 16.2 Å². The predicted octanol–water partition coefficient (Wildman–Crippen LogP) is 3.21. The van der Waals surface area contributed by atoms with Gasteiger partial charge in [0.1, 0.15) is 12.4 Å². The van der Waals surface area contributed by atoms with Crippen molar-refractivity contribution in [3.63, 3.8) is 0 Å². The van der Waals surface area contributed by atoms with Crippen molar-refractivity contribution in [1.29, 1.82) is 0 Å². The molecule has 0 spiro atoms. The first kappa shape index (κ1) is 13.5. The van der Waals surface area contributed by atoms with Gasteiger partial charge in [0.25, 0.3) is 6.43 Å². The zero-order chi connectivity index (χ0) is 13.8. The summed E-state index contributed by atoms with van der Waals surface area (Å²) in [7, 11) is 0. The van der Waals surface area contributed by atoms with Gasteiger partial charge in [-0.05, 0) is 30.2 Å². The van der Waals surface area contributed by atoms with E-state index in [0.29, 0.717) is 12.2 Å². The summed E-state index contributed by atoms with van der Waals surface area (Å²) < 4.78 is 38.6. The number of rotatable bonds is 5. The SMILES string of the molecule is Cc1ccc(F)cc1CNc1cnn(CC(F)F)c1. The minimum absolute atomic E-state index is 0.296. The quantitative estimate of drug-likeness (QED) is 0.903. The molecule has 0 aliphatic heterocycles. The van der Waals surface area contributed by atoms with Crippen LogP contribution < -0.4 is 5.32 Å². The Morgan fingerprint density at radius 1 is 1.37 bits per heavy atom. The molecule has 0 amide bonds. The van der Waals surface area contributed by atoms with Crippen molar-refractivity contribution in [3.8, 4) is 0 Å². The zero-order valence-corrected chi connectivity index (χ0v) is 10.4. The maximum absolute atomic E-state index is 13.1. The van der Waals surface area contributed by atoms with E-state index in [-0.39, 0.29) is 5.82 Å². The van der Waals surface area contributed by atoms with Crippen LogP contribution in [0.5, 0.6) is 0 Å². The third kappa shape index (κ3) is 3.74. The molecule has 1 N–H and O–H groups in total. The Morgan fingerprint density at radius 2 is 2.16 bits per heavy atom. The number of benzene rings is 1. The molecule has 0 radical (unpaired) electrons. The standard InChI is InChI=1S/C13H14F3N3/c1-9-2-3-11(14)4-10(9)5-17-12-6-18-19(7-12)8-13(15)16/h2-4,6-7,13,17H,5,8H2,1H3. The maximum atomic E-state index is 13.1. The topological polar surface area (TPSA) is 29.9 Å². The van der Waals surface area contributed by atoms with E-state index < -0.39 is 13.0 Å². The third-order valence-electron chi connectivity index (χ3n) is 2.75. The number of aromatic nitrogens is 2. The minimum Gasteiger partial charge on any atom is -0.378 e. The Bertz CT molecular complexity index is 552. The van der Waals surface area contributed by atoms with Crippen molar-refractivity contribution in [2.45, 2.75) is 26.4 Å². The number of anilines is 1. The Morgan fingerprint density at radius 3 is 2.89 bits per heavy atom. The molecule has 0 saturated heterocycles. The minimum atomic E-state index is -2.43. The van der Waals surface area contributed by atoms with Crippen LogP contribution in [0.1, 0.15) is 11.1 Å². The fourth-order valence-electron chi connectivity index (χ4n) is 1.72. The molecule has 6 heteroatoms. The largest absolute Gasteiger partial charge is 0.378 e. The first-order chi connectivity index (χ1) is 9.04. The number of aryl methyl sites for hydroxylation is 1. The van der Waals surface area contributed by atoms with Crippen molar-refractivity contribution < 1.29 is 13.2 Å². The van der Waals surface area contributed by atoms with E-state index in [0.717, 1.165) is 11.1 Å². The van der Waals surface area contributed by atoms with Gasteiger partial charge in [-0.1, -0.05) is 6.07 Å². The summed E-state index contributed by atoms with van der Waals surface area (Å²) >= 11 is 0. The highest BCUT2D eigenvalue weighted by molar-refractivity contribution is 5.40. The molecule has 0 saturated carbocycles. The van der Waals surface area contributed by atoms with Crippen molar-refractivity contribution >= 4 is 5.69 Å². The van der Waals surface area contributed by atoms with Gasteiger partial charge in [0.15, 0.2) is 0 Å². The van der Waals surface area contributed by atoms with Crippen LogP contribution in [-0.2, 0) is 13.1 Å². The fraction of sp³-hybridized carbons (Fsp3) is 0.308. The summed E-state index contributed by atoms with van der Waals surface area (Å²) in [4.78, 5) is 0. The van der Waals surface area contributed by atoms with E-state index in [1.807, 2.05) is 6.92 Å². The van der Waals surface area contributed by atoms with Gasteiger partial charge >= 0.3 is 0 Å². The van der Waals surface area contributed by atoms with Crippen molar-refractivity contribution in [1.82, 2.24) is 9.78 Å². The number of hydrogen-bond acceptors (Lipinski definition) is 2. The molecule has 0 aliphatic rings. The van der Waals surface area contributed by atoms with Crippen LogP contribution in [0, 0.1) is 12.7 Å². The number of alkyl halides is 2. The zero-order valence-electron chi connectivity index (χ0n) is 10.4. The molecule has 19 heavy (non-hydrogen) atoms. The van der Waals surface area contributed by atoms with Gasteiger partial charge in [-0.2, -0.15) is 5.10 Å². The molecule has 2 rings (SSSR count). The molecule has 1 aromatic heterocycles. The summed E-state index contributed by atoms with van der Waals surface area (Å²) in [6.07, 6.45) is 0.538. The molecule has 2 aromatic rings. The lowest BCUT2D eigenvalue weighted by molar-refractivity contribution is 0.122. The molecular formula is C13H14F3N3. The first-order valence-electron chi connectivity index (χ1n) is 5.84. The molecule has 0 fully saturated rings. The fourth-order valence-corrected chi connectivity index (χ4v) is 1.72. The van der Waals surface area contributed by atoms with Crippen molar-refractivity contribution in [3.05, 3.63) is 47.5 Å². The molecule has 1 heterocycles. The van der Waals surface area contributed by atoms with E-state index in [4.69, 9.17) is 0 Å². The highest BCUT2D eigenvalue weighted by Gasteiger charge is 2.06. The summed E-state index contributed by atoms with van der Waals surface area (Å²) in [5, 5.41) is 6.84. The van der Waals surface area contributed by atoms with Gasteiger partial charge in [0, 0.05) is 12.7 Å². The molecule has 0 aliphatic carbocycles. The molecule has 0 atom stereocenters. The highest BCUT2D eigenvalue weighted by atomic mass is 19.3. The van der Waals surface area contributed by atoms with Crippen LogP contribution >= 0.6 is 0 Å². The lowest BCUT2D eigenvalue weighted by Gasteiger charge is -2.07. The highest BCUT2D eigenvalue weighted by Crippen LogP contribution is 2.13. The van der Waals surface area contributed by atoms with Crippen LogP contribution in [0.25, 0.3) is 0 Å². The first-order valence-corrected chi connectivity index (χ1v) is 5.84. The van der Waals surface area contributed by atoms with Crippen LogP contribution in [0.3, 0.4) is 0 Å². The van der Waals surface area contributed by atoms with Gasteiger partial charge in [-0.15, -0.1) is 0 Å². The lowest BCUT2D eigenvalue weighted by atomic mass is 10.1. The van der Waals surface area contributed by atoms with E-state index in [9.17, 15) is 13.2 Å². The Hall–Kier alpha value is -1.98. The number of nitrogens with one attached hydrogen (secondary N) is 1. The Kier molecular flexibility index (Phi) is 4.09. The Balaban J connectivity index is 1.98. The van der Waals surface area contributed by atoms with Crippen LogP contribution in [0.4, 0.5) is 18.9 Å². The summed E-state index contributed by atoms with van der Waals surface area (Å²) in [5.41, 5.74) is 2.42. The van der Waals surface area contributed by atoms with Gasteiger partial charge in [0.05, 0.1) is 11.9 Å². The second-order valence-corrected chi connectivity index (χ2v) is 4.27. The van der Waals surface area contributed by atoms with Gasteiger partial charge < -0.3 is 5.32 Å². The molecule has 1 aromatic carbocycles. The molecule has 102 valence electrons. The second-order valence-electron chi connectivity index (χ2n) is 4.27.